The Balaban J connectivity index is 1.48. The van der Waals surface area contributed by atoms with Crippen molar-refractivity contribution in [2.24, 2.45) is 0 Å². The molecular formula is C32H31NO8S. The van der Waals surface area contributed by atoms with Crippen LogP contribution in [0.15, 0.2) is 65.1 Å². The Morgan fingerprint density at radius 2 is 1.48 bits per heavy atom. The number of amides is 2. The number of rotatable bonds is 7. The standard InChI is InChI=1S/C32H31NO8S/c1-18-9-12-20(13-10-18)42(36,37)41-26-17-19-11-15-24(33-31(34)21-7-5-6-8-22(21)32(33)35)23-14-16-25(38-2)28(23)27(19)30(40-4)29(26)39-3/h5-10,12-13,17,24-25H,11,14-16H2,1-4H3/t24-,25?/m0/s1. The molecule has 0 saturated carbocycles. The second-order valence-corrected chi connectivity index (χ2v) is 12.2. The minimum atomic E-state index is -4.20. The van der Waals surface area contributed by atoms with Crippen molar-refractivity contribution in [1.82, 2.24) is 4.90 Å². The van der Waals surface area contributed by atoms with Crippen molar-refractivity contribution in [3.63, 3.8) is 0 Å². The summed E-state index contributed by atoms with van der Waals surface area (Å²) in [6, 6.07) is 14.4. The minimum absolute atomic E-state index is 0.00925. The number of carbonyl (C=O) groups is 2. The summed E-state index contributed by atoms with van der Waals surface area (Å²) < 4.78 is 49.7. The third-order valence-corrected chi connectivity index (χ3v) is 9.57. The van der Waals surface area contributed by atoms with Crippen LogP contribution in [0.2, 0.25) is 0 Å². The van der Waals surface area contributed by atoms with Crippen LogP contribution in [0.3, 0.4) is 0 Å². The van der Waals surface area contributed by atoms with Gasteiger partial charge in [0.1, 0.15) is 4.90 Å². The van der Waals surface area contributed by atoms with Crippen LogP contribution in [0, 0.1) is 6.92 Å². The van der Waals surface area contributed by atoms with Crippen molar-refractivity contribution in [2.45, 2.75) is 49.6 Å². The minimum Gasteiger partial charge on any atom is -0.492 e. The Kier molecular flexibility index (Phi) is 7.06. The Bertz CT molecular complexity index is 1710. The number of carbonyl (C=O) groups excluding carboxylic acids is 2. The number of hydrogen-bond donors (Lipinski definition) is 0. The fourth-order valence-corrected chi connectivity index (χ4v) is 7.32. The molecule has 3 aromatic rings. The second-order valence-electron chi connectivity index (χ2n) is 10.6. The van der Waals surface area contributed by atoms with E-state index in [1.807, 2.05) is 6.92 Å². The van der Waals surface area contributed by atoms with Crippen molar-refractivity contribution in [1.29, 1.82) is 0 Å². The summed E-state index contributed by atoms with van der Waals surface area (Å²) in [4.78, 5) is 28.5. The molecule has 0 bridgehead atoms. The average molecular weight is 590 g/mol. The molecule has 0 aromatic heterocycles. The molecule has 9 nitrogen and oxygen atoms in total. The number of nitrogens with zero attached hydrogens (tertiary/aromatic N) is 1. The predicted molar refractivity (Wildman–Crippen MR) is 155 cm³/mol. The highest BCUT2D eigenvalue weighted by atomic mass is 32.2. The van der Waals surface area contributed by atoms with Crippen LogP contribution in [0.4, 0.5) is 0 Å². The van der Waals surface area contributed by atoms with Gasteiger partial charge in [-0.25, -0.2) is 0 Å². The van der Waals surface area contributed by atoms with Crippen LogP contribution in [-0.4, -0.2) is 58.6 Å². The summed E-state index contributed by atoms with van der Waals surface area (Å²) in [5.74, 6) is -0.223. The van der Waals surface area contributed by atoms with Gasteiger partial charge in [-0.3, -0.25) is 14.5 Å². The lowest BCUT2D eigenvalue weighted by molar-refractivity contribution is 0.0601. The summed E-state index contributed by atoms with van der Waals surface area (Å²) in [5, 5.41) is 0. The van der Waals surface area contributed by atoms with Gasteiger partial charge in [0, 0.05) is 12.7 Å². The summed E-state index contributed by atoms with van der Waals surface area (Å²) in [7, 11) is 0.336. The molecule has 3 aromatic carbocycles. The number of methoxy groups -OCH3 is 3. The summed E-state index contributed by atoms with van der Waals surface area (Å²) in [6.07, 6.45) is 1.81. The zero-order valence-electron chi connectivity index (χ0n) is 23.8. The molecule has 0 fully saturated rings. The third-order valence-electron chi connectivity index (χ3n) is 8.33. The first-order chi connectivity index (χ1) is 20.2. The molecule has 2 amide bonds. The highest BCUT2D eigenvalue weighted by Gasteiger charge is 2.46. The van der Waals surface area contributed by atoms with E-state index >= 15 is 0 Å². The zero-order chi connectivity index (χ0) is 29.8. The molecule has 10 heteroatoms. The molecule has 218 valence electrons. The van der Waals surface area contributed by atoms with E-state index in [0.717, 1.165) is 22.3 Å². The molecule has 1 heterocycles. The molecule has 3 aliphatic rings. The number of ether oxygens (including phenoxy) is 3. The van der Waals surface area contributed by atoms with E-state index in [1.165, 1.54) is 31.3 Å². The molecule has 1 aliphatic heterocycles. The van der Waals surface area contributed by atoms with Crippen LogP contribution in [-0.2, 0) is 21.3 Å². The largest absolute Gasteiger partial charge is 0.492 e. The lowest BCUT2D eigenvalue weighted by atomic mass is 9.93. The second kappa shape index (κ2) is 10.6. The predicted octanol–water partition coefficient (Wildman–Crippen LogP) is 4.95. The normalized spacial score (nSPS) is 19.8. The van der Waals surface area contributed by atoms with Gasteiger partial charge in [0.15, 0.2) is 11.5 Å². The third kappa shape index (κ3) is 4.37. The van der Waals surface area contributed by atoms with E-state index in [-0.39, 0.29) is 34.3 Å². The van der Waals surface area contributed by atoms with Crippen molar-refractivity contribution >= 4 is 27.5 Å². The Morgan fingerprint density at radius 3 is 2.07 bits per heavy atom. The Morgan fingerprint density at radius 1 is 0.833 bits per heavy atom. The quantitative estimate of drug-likeness (QED) is 0.281. The van der Waals surface area contributed by atoms with E-state index in [2.05, 4.69) is 0 Å². The van der Waals surface area contributed by atoms with Gasteiger partial charge in [-0.1, -0.05) is 29.8 Å². The maximum atomic E-state index is 13.5. The SMILES string of the molecule is COc1c(OS(=O)(=O)c2ccc(C)cc2)cc2c(c1OC)C1=C(CCC1OC)[C@@H](N1C(=O)c3ccccc3C1=O)CC2. The van der Waals surface area contributed by atoms with E-state index in [1.54, 1.807) is 49.6 Å². The number of imide groups is 1. The molecule has 1 unspecified atom stereocenters. The highest BCUT2D eigenvalue weighted by molar-refractivity contribution is 7.87. The van der Waals surface area contributed by atoms with Gasteiger partial charge < -0.3 is 18.4 Å². The molecule has 0 spiro atoms. The molecular weight excluding hydrogens is 558 g/mol. The van der Waals surface area contributed by atoms with Crippen molar-refractivity contribution in [3.05, 3.63) is 88.0 Å². The Hall–Kier alpha value is -4.15. The number of benzene rings is 3. The van der Waals surface area contributed by atoms with Crippen LogP contribution >= 0.6 is 0 Å². The molecule has 2 atom stereocenters. The van der Waals surface area contributed by atoms with Crippen molar-refractivity contribution < 1.29 is 36.4 Å². The van der Waals surface area contributed by atoms with Gasteiger partial charge in [0.05, 0.1) is 37.5 Å². The molecule has 0 radical (unpaired) electrons. The van der Waals surface area contributed by atoms with Crippen LogP contribution in [0.1, 0.15) is 56.7 Å². The Labute approximate surface area is 244 Å². The van der Waals surface area contributed by atoms with Gasteiger partial charge in [0.2, 0.25) is 5.75 Å². The maximum absolute atomic E-state index is 13.5. The highest BCUT2D eigenvalue weighted by Crippen LogP contribution is 2.53. The van der Waals surface area contributed by atoms with Crippen LogP contribution in [0.5, 0.6) is 17.2 Å². The van der Waals surface area contributed by atoms with Crippen LogP contribution < -0.4 is 13.7 Å². The van der Waals surface area contributed by atoms with Gasteiger partial charge in [-0.05, 0) is 79.6 Å². The van der Waals surface area contributed by atoms with E-state index < -0.39 is 16.2 Å². The van der Waals surface area contributed by atoms with E-state index in [0.29, 0.717) is 48.1 Å². The first-order valence-electron chi connectivity index (χ1n) is 13.7. The molecule has 0 N–H and O–H groups in total. The van der Waals surface area contributed by atoms with Gasteiger partial charge in [-0.2, -0.15) is 8.42 Å². The first kappa shape index (κ1) is 28.0. The number of aryl methyl sites for hydroxylation is 2. The molecule has 6 rings (SSSR count). The lowest BCUT2D eigenvalue weighted by Crippen LogP contribution is -2.41. The van der Waals surface area contributed by atoms with E-state index in [9.17, 15) is 18.0 Å². The monoisotopic (exact) mass is 589 g/mol. The zero-order valence-corrected chi connectivity index (χ0v) is 24.6. The summed E-state index contributed by atoms with van der Waals surface area (Å²) in [5.41, 5.74) is 4.92. The number of fused-ring (bicyclic) bond motifs is 3. The smallest absolute Gasteiger partial charge is 0.339 e. The fraction of sp³-hybridized carbons (Fsp3) is 0.312. The van der Waals surface area contributed by atoms with E-state index in [4.69, 9.17) is 18.4 Å². The fourth-order valence-electron chi connectivity index (χ4n) is 6.40. The molecule has 42 heavy (non-hydrogen) atoms. The lowest BCUT2D eigenvalue weighted by Gasteiger charge is -2.27. The van der Waals surface area contributed by atoms with Gasteiger partial charge in [0.25, 0.3) is 11.8 Å². The van der Waals surface area contributed by atoms with Crippen molar-refractivity contribution in [3.8, 4) is 17.2 Å². The van der Waals surface area contributed by atoms with Crippen LogP contribution in [0.25, 0.3) is 5.57 Å². The van der Waals surface area contributed by atoms with Gasteiger partial charge in [-0.15, -0.1) is 0 Å². The molecule has 2 aliphatic carbocycles. The molecule has 0 saturated heterocycles. The topological polar surface area (TPSA) is 108 Å². The first-order valence-corrected chi connectivity index (χ1v) is 15.1. The van der Waals surface area contributed by atoms with Crippen molar-refractivity contribution in [2.75, 3.05) is 21.3 Å². The summed E-state index contributed by atoms with van der Waals surface area (Å²) >= 11 is 0. The summed E-state index contributed by atoms with van der Waals surface area (Å²) in [6.45, 7) is 1.87. The average Bonchev–Trinajstić information content (AvgIpc) is 3.46. The maximum Gasteiger partial charge on any atom is 0.339 e. The van der Waals surface area contributed by atoms with Gasteiger partial charge >= 0.3 is 10.1 Å². The number of hydrogen-bond acceptors (Lipinski definition) is 8.